The van der Waals surface area contributed by atoms with Crippen LogP contribution in [0.25, 0.3) is 99.6 Å². The van der Waals surface area contributed by atoms with Crippen molar-refractivity contribution in [3.8, 4) is 56.2 Å². The lowest BCUT2D eigenvalue weighted by atomic mass is 9.81. The van der Waals surface area contributed by atoms with Crippen LogP contribution in [0.15, 0.2) is 174 Å². The Morgan fingerprint density at radius 3 is 1.83 bits per heavy atom. The topological polar surface area (TPSA) is 38.9 Å². The zero-order valence-electron chi connectivity index (χ0n) is 30.0. The van der Waals surface area contributed by atoms with Gasteiger partial charge in [-0.3, -0.25) is 0 Å². The molecule has 0 saturated carbocycles. The molecule has 0 aliphatic heterocycles. The van der Waals surface area contributed by atoms with E-state index in [2.05, 4.69) is 166 Å². The third kappa shape index (κ3) is 4.68. The molecule has 54 heavy (non-hydrogen) atoms. The van der Waals surface area contributed by atoms with Crippen LogP contribution < -0.4 is 0 Å². The van der Waals surface area contributed by atoms with Gasteiger partial charge in [0.1, 0.15) is 11.2 Å². The van der Waals surface area contributed by atoms with Gasteiger partial charge in [0.05, 0.1) is 11.4 Å². The SMILES string of the molecule is CC1(C)c2cc3ccccc3cc2-c2c(-c3cc(-c4ccc(-c5cccc6oc7cc8ccccc8cc7c56)cc4)nc(-c4ccccc4)n3)cccc21. The van der Waals surface area contributed by atoms with E-state index in [0.717, 1.165) is 61.1 Å². The zero-order chi connectivity index (χ0) is 36.0. The lowest BCUT2D eigenvalue weighted by Crippen LogP contribution is -2.14. The Balaban J connectivity index is 1.07. The van der Waals surface area contributed by atoms with Gasteiger partial charge in [0, 0.05) is 32.9 Å². The Hall–Kier alpha value is -6.84. The number of hydrogen-bond acceptors (Lipinski definition) is 3. The number of fused-ring (bicyclic) bond motifs is 8. The molecule has 0 unspecified atom stereocenters. The third-order valence-electron chi connectivity index (χ3n) is 11.5. The number of rotatable bonds is 4. The summed E-state index contributed by atoms with van der Waals surface area (Å²) in [5.74, 6) is 0.711. The number of nitrogens with zero attached hydrogens (tertiary/aromatic N) is 2. The average Bonchev–Trinajstić information content (AvgIpc) is 3.70. The largest absolute Gasteiger partial charge is 0.456 e. The smallest absolute Gasteiger partial charge is 0.160 e. The first-order valence-electron chi connectivity index (χ1n) is 18.6. The van der Waals surface area contributed by atoms with E-state index in [-0.39, 0.29) is 5.41 Å². The van der Waals surface area contributed by atoms with Gasteiger partial charge in [0.25, 0.3) is 0 Å². The fraction of sp³-hybridized carbons (Fsp3) is 0.0588. The molecule has 2 heterocycles. The molecular weight excluding hydrogens is 657 g/mol. The molecule has 0 atom stereocenters. The highest BCUT2D eigenvalue weighted by Gasteiger charge is 2.37. The minimum Gasteiger partial charge on any atom is -0.456 e. The Bertz CT molecular complexity index is 3120. The molecule has 0 radical (unpaired) electrons. The van der Waals surface area contributed by atoms with Gasteiger partial charge in [0.15, 0.2) is 5.82 Å². The second kappa shape index (κ2) is 11.6. The molecule has 11 rings (SSSR count). The Labute approximate surface area is 313 Å². The summed E-state index contributed by atoms with van der Waals surface area (Å²) in [4.78, 5) is 10.5. The van der Waals surface area contributed by atoms with Gasteiger partial charge < -0.3 is 4.42 Å². The molecule has 10 aromatic rings. The fourth-order valence-electron chi connectivity index (χ4n) is 8.71. The Morgan fingerprint density at radius 1 is 0.426 bits per heavy atom. The van der Waals surface area contributed by atoms with Crippen LogP contribution in [-0.2, 0) is 5.41 Å². The summed E-state index contributed by atoms with van der Waals surface area (Å²) in [6, 6.07) is 60.6. The molecule has 254 valence electrons. The van der Waals surface area contributed by atoms with Gasteiger partial charge >= 0.3 is 0 Å². The maximum Gasteiger partial charge on any atom is 0.160 e. The van der Waals surface area contributed by atoms with E-state index in [1.54, 1.807) is 0 Å². The highest BCUT2D eigenvalue weighted by molar-refractivity contribution is 6.15. The van der Waals surface area contributed by atoms with Gasteiger partial charge in [-0.05, 0) is 91.3 Å². The third-order valence-corrected chi connectivity index (χ3v) is 11.5. The van der Waals surface area contributed by atoms with Gasteiger partial charge in [-0.25, -0.2) is 9.97 Å². The highest BCUT2D eigenvalue weighted by Crippen LogP contribution is 2.53. The second-order valence-electron chi connectivity index (χ2n) is 15.0. The van der Waals surface area contributed by atoms with Crippen molar-refractivity contribution in [2.45, 2.75) is 19.3 Å². The van der Waals surface area contributed by atoms with Crippen molar-refractivity contribution in [3.63, 3.8) is 0 Å². The van der Waals surface area contributed by atoms with Crippen molar-refractivity contribution in [2.75, 3.05) is 0 Å². The molecule has 0 fully saturated rings. The van der Waals surface area contributed by atoms with E-state index >= 15 is 0 Å². The van der Waals surface area contributed by atoms with Crippen LogP contribution in [0.4, 0.5) is 0 Å². The first-order chi connectivity index (χ1) is 26.5. The molecule has 0 N–H and O–H groups in total. The summed E-state index contributed by atoms with van der Waals surface area (Å²) in [5.41, 5.74) is 14.1. The molecule has 0 bridgehead atoms. The lowest BCUT2D eigenvalue weighted by molar-refractivity contribution is 0.661. The first kappa shape index (κ1) is 30.8. The van der Waals surface area contributed by atoms with E-state index in [0.29, 0.717) is 5.82 Å². The quantitative estimate of drug-likeness (QED) is 0.184. The van der Waals surface area contributed by atoms with Crippen LogP contribution in [0.2, 0.25) is 0 Å². The van der Waals surface area contributed by atoms with Gasteiger partial charge in [0.2, 0.25) is 0 Å². The summed E-state index contributed by atoms with van der Waals surface area (Å²) in [6.45, 7) is 4.68. The summed E-state index contributed by atoms with van der Waals surface area (Å²) in [6.07, 6.45) is 0. The van der Waals surface area contributed by atoms with Crippen molar-refractivity contribution in [3.05, 3.63) is 181 Å². The molecule has 0 saturated heterocycles. The molecule has 2 aromatic heterocycles. The van der Waals surface area contributed by atoms with Crippen LogP contribution >= 0.6 is 0 Å². The van der Waals surface area contributed by atoms with Crippen molar-refractivity contribution in [2.24, 2.45) is 0 Å². The molecule has 3 nitrogen and oxygen atoms in total. The van der Waals surface area contributed by atoms with Crippen LogP contribution in [-0.4, -0.2) is 9.97 Å². The summed E-state index contributed by atoms with van der Waals surface area (Å²) in [7, 11) is 0. The van der Waals surface area contributed by atoms with E-state index in [4.69, 9.17) is 14.4 Å². The monoisotopic (exact) mass is 690 g/mol. The molecular formula is C51H34N2O. The summed E-state index contributed by atoms with van der Waals surface area (Å²) in [5, 5.41) is 7.16. The van der Waals surface area contributed by atoms with Crippen molar-refractivity contribution < 1.29 is 4.42 Å². The summed E-state index contributed by atoms with van der Waals surface area (Å²) >= 11 is 0. The molecule has 0 spiro atoms. The maximum absolute atomic E-state index is 6.40. The second-order valence-corrected chi connectivity index (χ2v) is 15.0. The maximum atomic E-state index is 6.40. The number of benzene rings is 8. The Morgan fingerprint density at radius 2 is 1.06 bits per heavy atom. The average molecular weight is 691 g/mol. The van der Waals surface area contributed by atoms with E-state index in [1.165, 1.54) is 43.8 Å². The number of aromatic nitrogens is 2. The van der Waals surface area contributed by atoms with Crippen LogP contribution in [0.1, 0.15) is 25.0 Å². The minimum atomic E-state index is -0.144. The normalized spacial score (nSPS) is 13.1. The molecule has 1 aliphatic rings. The van der Waals surface area contributed by atoms with E-state index < -0.39 is 0 Å². The number of furan rings is 1. The van der Waals surface area contributed by atoms with Crippen molar-refractivity contribution in [1.82, 2.24) is 9.97 Å². The number of hydrogen-bond donors (Lipinski definition) is 0. The van der Waals surface area contributed by atoms with Crippen LogP contribution in [0.5, 0.6) is 0 Å². The van der Waals surface area contributed by atoms with Crippen molar-refractivity contribution in [1.29, 1.82) is 0 Å². The molecule has 1 aliphatic carbocycles. The van der Waals surface area contributed by atoms with Gasteiger partial charge in [-0.2, -0.15) is 0 Å². The molecule has 8 aromatic carbocycles. The first-order valence-corrected chi connectivity index (χ1v) is 18.6. The predicted octanol–water partition coefficient (Wildman–Crippen LogP) is 13.7. The standard InChI is InChI=1S/C51H34N2O/c1-51(2)42-20-10-19-39(48(42)40-26-34-14-6-8-16-36(34)28-43(40)51)45-30-44(52-50(53-45)33-12-4-3-5-13-33)32-24-22-31(23-25-32)38-18-11-21-46-49(38)41-27-35-15-7-9-17-37(35)29-47(41)54-46/h3-30H,1-2H3. The van der Waals surface area contributed by atoms with E-state index in [1.807, 2.05) is 18.2 Å². The zero-order valence-corrected chi connectivity index (χ0v) is 30.0. The van der Waals surface area contributed by atoms with E-state index in [9.17, 15) is 0 Å². The van der Waals surface area contributed by atoms with Crippen LogP contribution in [0, 0.1) is 0 Å². The van der Waals surface area contributed by atoms with Gasteiger partial charge in [-0.15, -0.1) is 0 Å². The predicted molar refractivity (Wildman–Crippen MR) is 224 cm³/mol. The van der Waals surface area contributed by atoms with Crippen molar-refractivity contribution >= 4 is 43.5 Å². The molecule has 3 heteroatoms. The Kier molecular flexibility index (Phi) is 6.60. The van der Waals surface area contributed by atoms with Crippen LogP contribution in [0.3, 0.4) is 0 Å². The highest BCUT2D eigenvalue weighted by atomic mass is 16.3. The summed E-state index contributed by atoms with van der Waals surface area (Å²) < 4.78 is 6.40. The molecule has 0 amide bonds. The van der Waals surface area contributed by atoms with Gasteiger partial charge in [-0.1, -0.05) is 147 Å². The fourth-order valence-corrected chi connectivity index (χ4v) is 8.71. The lowest BCUT2D eigenvalue weighted by Gasteiger charge is -2.22. The minimum absolute atomic E-state index is 0.144.